The van der Waals surface area contributed by atoms with E-state index in [9.17, 15) is 17.4 Å². The Labute approximate surface area is 242 Å². The average molecular weight is 603 g/mol. The molecule has 2 N–H and O–H groups in total. The maximum atomic E-state index is 13.2. The Kier molecular flexibility index (Phi) is 7.57. The Morgan fingerprint density at radius 1 is 0.976 bits per heavy atom. The van der Waals surface area contributed by atoms with Crippen LogP contribution < -0.4 is 10.2 Å². The van der Waals surface area contributed by atoms with Crippen molar-refractivity contribution in [1.29, 1.82) is 0 Å². The number of likely N-dealkylation sites (N-methyl/N-ethyl adjacent to an activating group) is 1. The van der Waals surface area contributed by atoms with Crippen molar-refractivity contribution >= 4 is 61.8 Å². The number of thiocarbonyl (C=S) groups is 1. The molecule has 4 aromatic rings. The van der Waals surface area contributed by atoms with Crippen LogP contribution in [-0.2, 0) is 17.2 Å². The van der Waals surface area contributed by atoms with Gasteiger partial charge in [0, 0.05) is 68.9 Å². The topological polar surface area (TPSA) is 83.6 Å². The summed E-state index contributed by atoms with van der Waals surface area (Å²) in [6.07, 6.45) is -3.00. The van der Waals surface area contributed by atoms with Gasteiger partial charge in [0.1, 0.15) is 28.8 Å². The number of fused-ring (bicyclic) bond motifs is 3. The zero-order valence-electron chi connectivity index (χ0n) is 22.3. The minimum Gasteiger partial charge on any atom is -0.352 e. The summed E-state index contributed by atoms with van der Waals surface area (Å²) < 4.78 is 54.6. The van der Waals surface area contributed by atoms with E-state index in [1.54, 1.807) is 0 Å². The summed E-state index contributed by atoms with van der Waals surface area (Å²) in [4.78, 5) is 19.0. The number of hydrogen-bond donors (Lipinski definition) is 2. The maximum absolute atomic E-state index is 13.2. The van der Waals surface area contributed by atoms with Crippen LogP contribution in [0.25, 0.3) is 21.9 Å². The van der Waals surface area contributed by atoms with Crippen molar-refractivity contribution in [2.45, 2.75) is 11.1 Å². The molecule has 2 aliphatic heterocycles. The lowest BCUT2D eigenvalue weighted by atomic mass is 10.1. The quantitative estimate of drug-likeness (QED) is 0.341. The fourth-order valence-corrected chi connectivity index (χ4v) is 6.67. The summed E-state index contributed by atoms with van der Waals surface area (Å²) in [6, 6.07) is 11.2. The highest BCUT2D eigenvalue weighted by Crippen LogP contribution is 2.36. The van der Waals surface area contributed by atoms with E-state index in [1.165, 1.54) is 12.4 Å². The molecule has 1 unspecified atom stereocenters. The van der Waals surface area contributed by atoms with E-state index in [0.717, 1.165) is 48.9 Å². The van der Waals surface area contributed by atoms with E-state index >= 15 is 0 Å². The van der Waals surface area contributed by atoms with Gasteiger partial charge in [-0.3, -0.25) is 0 Å². The van der Waals surface area contributed by atoms with Crippen LogP contribution >= 0.6 is 12.2 Å². The van der Waals surface area contributed by atoms with Crippen molar-refractivity contribution in [3.8, 4) is 0 Å². The Morgan fingerprint density at radius 2 is 1.68 bits per heavy atom. The van der Waals surface area contributed by atoms with E-state index in [2.05, 4.69) is 42.0 Å². The second kappa shape index (κ2) is 11.2. The number of benzene rings is 2. The molecule has 0 bridgehead atoms. The number of nitrogens with one attached hydrogen (secondary N) is 2. The van der Waals surface area contributed by atoms with E-state index in [1.807, 2.05) is 28.6 Å². The van der Waals surface area contributed by atoms with Gasteiger partial charge >= 0.3 is 6.18 Å². The first-order valence-electron chi connectivity index (χ1n) is 13.3. The van der Waals surface area contributed by atoms with Crippen LogP contribution in [0.1, 0.15) is 5.56 Å². The van der Waals surface area contributed by atoms with Crippen molar-refractivity contribution in [2.24, 2.45) is 0 Å². The number of hydrogen-bond acceptors (Lipinski definition) is 6. The predicted octanol–water partition coefficient (Wildman–Crippen LogP) is 3.92. The monoisotopic (exact) mass is 602 g/mol. The molecule has 2 aliphatic rings. The molecule has 6 rings (SSSR count). The largest absolute Gasteiger partial charge is 0.416 e. The van der Waals surface area contributed by atoms with Gasteiger partial charge in [0.05, 0.1) is 15.8 Å². The third-order valence-corrected chi connectivity index (χ3v) is 9.44. The molecule has 2 fully saturated rings. The molecule has 216 valence electrons. The maximum Gasteiger partial charge on any atom is 0.416 e. The van der Waals surface area contributed by atoms with Gasteiger partial charge in [0.25, 0.3) is 0 Å². The molecule has 9 nitrogen and oxygen atoms in total. The summed E-state index contributed by atoms with van der Waals surface area (Å²) in [6.45, 7) is 5.90. The highest BCUT2D eigenvalue weighted by atomic mass is 32.2. The summed E-state index contributed by atoms with van der Waals surface area (Å²) in [5, 5.41) is 5.24. The van der Waals surface area contributed by atoms with Gasteiger partial charge in [0.2, 0.25) is 0 Å². The Morgan fingerprint density at radius 3 is 2.37 bits per heavy atom. The molecule has 0 amide bonds. The van der Waals surface area contributed by atoms with Gasteiger partial charge in [-0.1, -0.05) is 6.07 Å². The molecule has 0 saturated carbocycles. The molecule has 0 radical (unpaired) electrons. The van der Waals surface area contributed by atoms with Crippen LogP contribution in [0, 0.1) is 0 Å². The van der Waals surface area contributed by atoms with Crippen LogP contribution in [0.15, 0.2) is 53.7 Å². The standard InChI is InChI=1S/C27H29F3N8OS2/c1-35-8-14-38(15-9-35)41(39)20-5-3-19(4-6-20)33-26(40)37-12-10-36(11-13-37)25-23-21-7-2-18(27(28,29)30)16-22(21)34-24(23)31-17-32-25/h2-7,16-17H,8-15H2,1H3,(H,33,40)(H,31,32,34). The van der Waals surface area contributed by atoms with Crippen LogP contribution in [0.4, 0.5) is 24.7 Å². The summed E-state index contributed by atoms with van der Waals surface area (Å²) in [5.74, 6) is 0.684. The lowest BCUT2D eigenvalue weighted by molar-refractivity contribution is -0.137. The summed E-state index contributed by atoms with van der Waals surface area (Å²) in [7, 11) is 0.884. The van der Waals surface area contributed by atoms with E-state index in [-0.39, 0.29) is 0 Å². The number of rotatable bonds is 4. The second-order valence-corrected chi connectivity index (χ2v) is 12.1. The fraction of sp³-hybridized carbons (Fsp3) is 0.370. The van der Waals surface area contributed by atoms with Crippen LogP contribution in [0.5, 0.6) is 0 Å². The molecular formula is C27H29F3N8OS2. The van der Waals surface area contributed by atoms with Gasteiger partial charge in [-0.25, -0.2) is 18.5 Å². The molecule has 1 atom stereocenters. The molecule has 2 saturated heterocycles. The first kappa shape index (κ1) is 27.8. The van der Waals surface area contributed by atoms with E-state index < -0.39 is 22.7 Å². The minimum absolute atomic E-state index is 0.374. The van der Waals surface area contributed by atoms with Gasteiger partial charge in [0.15, 0.2) is 5.11 Å². The molecule has 41 heavy (non-hydrogen) atoms. The Bertz CT molecular complexity index is 1590. The smallest absolute Gasteiger partial charge is 0.352 e. The normalized spacial score (nSPS) is 18.2. The summed E-state index contributed by atoms with van der Waals surface area (Å²) in [5.41, 5.74) is 0.990. The number of piperazine rings is 2. The SMILES string of the molecule is CN1CCN(S(=O)c2ccc(NC(=S)N3CCN(c4ncnc5[nH]c6cc(C(F)(F)F)ccc6c45)CC3)cc2)CC1. The van der Waals surface area contributed by atoms with Crippen molar-refractivity contribution < 1.29 is 17.4 Å². The molecule has 0 spiro atoms. The fourth-order valence-electron chi connectivity index (χ4n) is 5.21. The van der Waals surface area contributed by atoms with Crippen LogP contribution in [-0.4, -0.2) is 97.8 Å². The summed E-state index contributed by atoms with van der Waals surface area (Å²) >= 11 is 5.68. The molecule has 14 heteroatoms. The molecule has 4 heterocycles. The van der Waals surface area contributed by atoms with Gasteiger partial charge < -0.3 is 25.0 Å². The number of aromatic nitrogens is 3. The molecule has 2 aromatic heterocycles. The van der Waals surface area contributed by atoms with E-state index in [4.69, 9.17) is 12.2 Å². The minimum atomic E-state index is -4.42. The number of alkyl halides is 3. The zero-order valence-corrected chi connectivity index (χ0v) is 24.0. The molecular weight excluding hydrogens is 573 g/mol. The van der Waals surface area contributed by atoms with Gasteiger partial charge in [-0.05, 0) is 55.7 Å². The third-order valence-electron chi connectivity index (χ3n) is 7.57. The lowest BCUT2D eigenvalue weighted by Crippen LogP contribution is -2.50. The lowest BCUT2D eigenvalue weighted by Gasteiger charge is -2.37. The third kappa shape index (κ3) is 5.73. The first-order chi connectivity index (χ1) is 19.7. The van der Waals surface area contributed by atoms with Gasteiger partial charge in [-0.2, -0.15) is 13.2 Å². The number of halogens is 3. The number of H-pyrrole nitrogens is 1. The number of aromatic amines is 1. The number of nitrogens with zero attached hydrogens (tertiary/aromatic N) is 6. The van der Waals surface area contributed by atoms with Crippen LogP contribution in [0.2, 0.25) is 0 Å². The highest BCUT2D eigenvalue weighted by Gasteiger charge is 2.31. The molecule has 2 aromatic carbocycles. The molecule has 0 aliphatic carbocycles. The Balaban J connectivity index is 1.10. The van der Waals surface area contributed by atoms with Crippen molar-refractivity contribution in [3.63, 3.8) is 0 Å². The predicted molar refractivity (Wildman–Crippen MR) is 158 cm³/mol. The van der Waals surface area contributed by atoms with Gasteiger partial charge in [-0.15, -0.1) is 0 Å². The van der Waals surface area contributed by atoms with Crippen molar-refractivity contribution in [2.75, 3.05) is 69.6 Å². The Hall–Kier alpha value is -3.33. The highest BCUT2D eigenvalue weighted by molar-refractivity contribution is 7.82. The second-order valence-electron chi connectivity index (χ2n) is 10.2. The average Bonchev–Trinajstić information content (AvgIpc) is 3.35. The van der Waals surface area contributed by atoms with E-state index in [0.29, 0.717) is 59.0 Å². The zero-order chi connectivity index (χ0) is 28.7. The van der Waals surface area contributed by atoms with Crippen molar-refractivity contribution in [1.82, 2.24) is 29.1 Å². The first-order valence-corrected chi connectivity index (χ1v) is 14.8. The number of anilines is 2. The van der Waals surface area contributed by atoms with Crippen molar-refractivity contribution in [3.05, 3.63) is 54.4 Å². The van der Waals surface area contributed by atoms with Crippen LogP contribution in [0.3, 0.4) is 0 Å².